The lowest BCUT2D eigenvalue weighted by Gasteiger charge is -2.43. The van der Waals surface area contributed by atoms with E-state index in [0.717, 1.165) is 65.3 Å². The third-order valence-corrected chi connectivity index (χ3v) is 9.19. The number of Topliss-reactive ketones (excluding diaryl/α,β-unsaturated/α-hetero) is 2. The molecule has 2 aromatic rings. The molecule has 4 rings (SSSR count). The molecule has 0 saturated heterocycles. The van der Waals surface area contributed by atoms with Gasteiger partial charge in [-0.1, -0.05) is 141 Å². The van der Waals surface area contributed by atoms with Gasteiger partial charge in [0.2, 0.25) is 0 Å². The molecule has 57 heavy (non-hydrogen) atoms. The van der Waals surface area contributed by atoms with E-state index in [1.54, 1.807) is 13.0 Å². The van der Waals surface area contributed by atoms with E-state index in [-0.39, 0.29) is 17.5 Å². The van der Waals surface area contributed by atoms with Gasteiger partial charge >= 0.3 is 6.18 Å². The molecule has 6 heteroatoms. The Labute approximate surface area is 345 Å². The maximum atomic E-state index is 12.9. The van der Waals surface area contributed by atoms with Gasteiger partial charge in [0.15, 0.2) is 0 Å². The topological polar surface area (TPSA) is 43.4 Å². The molecule has 2 aliphatic rings. The summed E-state index contributed by atoms with van der Waals surface area (Å²) < 4.78 is 44.7. The van der Waals surface area contributed by atoms with Crippen molar-refractivity contribution in [1.82, 2.24) is 0 Å². The summed E-state index contributed by atoms with van der Waals surface area (Å²) >= 11 is 0. The minimum absolute atomic E-state index is 0.130. The molecular formula is C51H75F3O3. The van der Waals surface area contributed by atoms with Gasteiger partial charge in [-0.25, -0.2) is 0 Å². The quantitative estimate of drug-likeness (QED) is 0.105. The zero-order valence-corrected chi connectivity index (χ0v) is 37.2. The lowest BCUT2D eigenvalue weighted by Crippen LogP contribution is -2.33. The van der Waals surface area contributed by atoms with Crippen molar-refractivity contribution in [2.45, 2.75) is 165 Å². The molecule has 0 aliphatic heterocycles. The number of hydrogen-bond acceptors (Lipinski definition) is 3. The van der Waals surface area contributed by atoms with Gasteiger partial charge in [0.25, 0.3) is 0 Å². The smallest absolute Gasteiger partial charge is 0.416 e. The van der Waals surface area contributed by atoms with Crippen molar-refractivity contribution >= 4 is 11.6 Å². The largest absolute Gasteiger partial charge is 0.456 e. The molecule has 0 bridgehead atoms. The predicted octanol–water partition coefficient (Wildman–Crippen LogP) is 15.9. The molecular weight excluding hydrogens is 718 g/mol. The molecule has 0 heterocycles. The highest BCUT2D eigenvalue weighted by molar-refractivity contribution is 5.78. The Morgan fingerprint density at radius 3 is 1.91 bits per heavy atom. The molecule has 0 amide bonds. The van der Waals surface area contributed by atoms with E-state index in [4.69, 9.17) is 4.74 Å². The monoisotopic (exact) mass is 793 g/mol. The van der Waals surface area contributed by atoms with Crippen LogP contribution in [0.25, 0.3) is 0 Å². The van der Waals surface area contributed by atoms with E-state index in [2.05, 4.69) is 59.9 Å². The Morgan fingerprint density at radius 2 is 1.42 bits per heavy atom. The number of ketones is 2. The Balaban J connectivity index is 0.00000108. The van der Waals surface area contributed by atoms with Crippen molar-refractivity contribution in [3.05, 3.63) is 125 Å². The lowest BCUT2D eigenvalue weighted by molar-refractivity contribution is -0.137. The van der Waals surface area contributed by atoms with Crippen LogP contribution in [-0.4, -0.2) is 11.6 Å². The molecule has 2 aromatic carbocycles. The number of benzene rings is 2. The molecule has 1 atom stereocenters. The van der Waals surface area contributed by atoms with Crippen molar-refractivity contribution in [3.63, 3.8) is 0 Å². The summed E-state index contributed by atoms with van der Waals surface area (Å²) in [6.07, 6.45) is 18.2. The Kier molecular flexibility index (Phi) is 28.1. The fourth-order valence-corrected chi connectivity index (χ4v) is 5.94. The zero-order chi connectivity index (χ0) is 43.4. The maximum absolute atomic E-state index is 12.9. The normalized spacial score (nSPS) is 13.9. The van der Waals surface area contributed by atoms with E-state index in [9.17, 15) is 22.8 Å². The molecule has 318 valence electrons. The van der Waals surface area contributed by atoms with E-state index in [1.807, 2.05) is 38.1 Å². The Bertz CT molecular complexity index is 1570. The standard InChI is InChI=1S/C28H25F3O2.C13H26.C5H12.C3H6O.C2H6/c1-3-4-5-9-24-25-17-21(16-20-8-6-7-19(15-20)14-18(2)32)26(25)27(24)33-23-12-10-22(11-13-23)28(29,30)31;1-4-5-6-7-8-9-10-11-12-13(2)3;1-4-5(2)3;1-3(2)4;1-2/h3,5-13,15,21H,1,4,14,16-17H2,2H3;2,4-12H2,1,3H3;5H,4H2,1-3H3;1-2H3;1-2H3/b9-5-;;;;/t21-;;;;/m0..../s1. The number of allylic oxidation sites excluding steroid dienone is 7. The second-order valence-corrected chi connectivity index (χ2v) is 15.4. The fourth-order valence-electron chi connectivity index (χ4n) is 5.94. The average Bonchev–Trinajstić information content (AvgIpc) is 3.14. The van der Waals surface area contributed by atoms with E-state index in [1.165, 1.54) is 101 Å². The molecule has 0 spiro atoms. The summed E-state index contributed by atoms with van der Waals surface area (Å²) in [6.45, 7) is 27.3. The second-order valence-electron chi connectivity index (χ2n) is 15.4. The summed E-state index contributed by atoms with van der Waals surface area (Å²) in [5.41, 5.74) is 6.21. The number of carbonyl (C=O) groups is 2. The predicted molar refractivity (Wildman–Crippen MR) is 238 cm³/mol. The number of halogens is 3. The summed E-state index contributed by atoms with van der Waals surface area (Å²) in [6, 6.07) is 12.9. The van der Waals surface area contributed by atoms with Gasteiger partial charge in [-0.3, -0.25) is 4.79 Å². The molecule has 0 fully saturated rings. The molecule has 0 radical (unpaired) electrons. The molecule has 0 saturated carbocycles. The van der Waals surface area contributed by atoms with Gasteiger partial charge in [-0.15, -0.1) is 13.2 Å². The number of alkyl halides is 3. The third-order valence-electron chi connectivity index (χ3n) is 9.19. The Morgan fingerprint density at radius 1 is 0.877 bits per heavy atom. The molecule has 0 unspecified atom stereocenters. The Hall–Kier alpha value is -3.93. The van der Waals surface area contributed by atoms with Crippen LogP contribution in [0.15, 0.2) is 108 Å². The van der Waals surface area contributed by atoms with Gasteiger partial charge in [0.1, 0.15) is 23.1 Å². The average molecular weight is 793 g/mol. The van der Waals surface area contributed by atoms with Gasteiger partial charge < -0.3 is 9.53 Å². The van der Waals surface area contributed by atoms with Crippen molar-refractivity contribution in [2.75, 3.05) is 0 Å². The van der Waals surface area contributed by atoms with Crippen molar-refractivity contribution < 1.29 is 27.5 Å². The van der Waals surface area contributed by atoms with Gasteiger partial charge in [0.05, 0.1) is 5.56 Å². The van der Waals surface area contributed by atoms with Crippen LogP contribution in [0.4, 0.5) is 13.2 Å². The van der Waals surface area contributed by atoms with E-state index < -0.39 is 11.7 Å². The third kappa shape index (κ3) is 23.2. The van der Waals surface area contributed by atoms with Crippen LogP contribution in [0.5, 0.6) is 5.75 Å². The first-order valence-electron chi connectivity index (χ1n) is 21.3. The minimum atomic E-state index is -4.38. The van der Waals surface area contributed by atoms with Crippen molar-refractivity contribution in [2.24, 2.45) is 11.8 Å². The van der Waals surface area contributed by atoms with Gasteiger partial charge in [-0.05, 0) is 113 Å². The molecule has 0 N–H and O–H groups in total. The first-order valence-corrected chi connectivity index (χ1v) is 21.3. The van der Waals surface area contributed by atoms with Crippen LogP contribution in [0, 0.1) is 11.8 Å². The first-order chi connectivity index (χ1) is 27.0. The summed E-state index contributed by atoms with van der Waals surface area (Å²) in [7, 11) is 0. The second kappa shape index (κ2) is 30.2. The van der Waals surface area contributed by atoms with Crippen LogP contribution in [0.3, 0.4) is 0 Å². The van der Waals surface area contributed by atoms with Crippen molar-refractivity contribution in [1.29, 1.82) is 0 Å². The molecule has 0 aromatic heterocycles. The zero-order valence-electron chi connectivity index (χ0n) is 37.2. The minimum Gasteiger partial charge on any atom is -0.456 e. The molecule has 3 nitrogen and oxygen atoms in total. The first kappa shape index (κ1) is 53.1. The van der Waals surface area contributed by atoms with E-state index in [0.29, 0.717) is 12.2 Å². The number of unbranched alkanes of at least 4 members (excludes halogenated alkanes) is 7. The fraction of sp³-hybridized carbons (Fsp3) is 0.529. The number of hydrogen-bond donors (Lipinski definition) is 0. The van der Waals surface area contributed by atoms with Crippen LogP contribution in [-0.2, 0) is 28.6 Å². The highest BCUT2D eigenvalue weighted by Gasteiger charge is 2.43. The van der Waals surface area contributed by atoms with Crippen molar-refractivity contribution in [3.8, 4) is 5.75 Å². The highest BCUT2D eigenvalue weighted by Crippen LogP contribution is 2.54. The van der Waals surface area contributed by atoms with Gasteiger partial charge in [-0.2, -0.15) is 13.2 Å². The summed E-state index contributed by atoms with van der Waals surface area (Å²) in [4.78, 5) is 20.9. The van der Waals surface area contributed by atoms with Crippen LogP contribution >= 0.6 is 0 Å². The number of carbonyl (C=O) groups excluding carboxylic acids is 2. The molecule has 2 aliphatic carbocycles. The highest BCUT2D eigenvalue weighted by atomic mass is 19.4. The van der Waals surface area contributed by atoms with Crippen LogP contribution in [0.1, 0.15) is 163 Å². The maximum Gasteiger partial charge on any atom is 0.416 e. The number of ether oxygens (including phenoxy) is 1. The summed E-state index contributed by atoms with van der Waals surface area (Å²) in [5.74, 6) is 2.59. The SMILES string of the molecule is C=C(C)CCCCCCCCCC.C=CC/C=C\C1=C(Oc2ccc(C(F)(F)F)cc2)C2=C1C[C@@H]2Cc1cccc(CC(C)=O)c1.CC.CC(C)=O.CCC(C)C. The van der Waals surface area contributed by atoms with Gasteiger partial charge in [0, 0.05) is 17.6 Å². The van der Waals surface area contributed by atoms with Crippen LogP contribution < -0.4 is 4.74 Å². The van der Waals surface area contributed by atoms with E-state index >= 15 is 0 Å². The lowest BCUT2D eigenvalue weighted by atomic mass is 9.63. The summed E-state index contributed by atoms with van der Waals surface area (Å²) in [5, 5.41) is 0. The van der Waals surface area contributed by atoms with Crippen LogP contribution in [0.2, 0.25) is 0 Å². The number of rotatable bonds is 19.